The van der Waals surface area contributed by atoms with E-state index in [0.717, 1.165) is 60.4 Å². The molecule has 9 rings (SSSR count). The van der Waals surface area contributed by atoms with Crippen LogP contribution >= 0.6 is 0 Å². The van der Waals surface area contributed by atoms with Crippen LogP contribution in [0.4, 0.5) is 0 Å². The molecule has 0 aliphatic heterocycles. The average molecular weight is 563 g/mol. The van der Waals surface area contributed by atoms with Gasteiger partial charge in [0.25, 0.3) is 0 Å². The van der Waals surface area contributed by atoms with Crippen molar-refractivity contribution in [3.63, 3.8) is 0 Å². The summed E-state index contributed by atoms with van der Waals surface area (Å²) in [7, 11) is 0. The number of nitriles is 2. The largest absolute Gasteiger partial charge is 0.309 e. The lowest BCUT2D eigenvalue weighted by Crippen LogP contribution is -1.93. The second kappa shape index (κ2) is 9.73. The van der Waals surface area contributed by atoms with Crippen LogP contribution in [0.25, 0.3) is 76.7 Å². The molecule has 9 aromatic rings. The maximum Gasteiger partial charge on any atom is 0.0992 e. The molecule has 0 saturated carbocycles. The minimum absolute atomic E-state index is 0.618. The van der Waals surface area contributed by atoms with Gasteiger partial charge in [0, 0.05) is 38.0 Å². The fourth-order valence-corrected chi connectivity index (χ4v) is 6.86. The molecule has 0 aliphatic carbocycles. The lowest BCUT2D eigenvalue weighted by Gasteiger charge is -2.09. The second-order valence-electron chi connectivity index (χ2n) is 10.9. The van der Waals surface area contributed by atoms with Gasteiger partial charge in [0.2, 0.25) is 0 Å². The van der Waals surface area contributed by atoms with Crippen molar-refractivity contribution in [1.29, 1.82) is 10.5 Å². The zero-order chi connectivity index (χ0) is 29.9. The molecule has 3 heterocycles. The molecule has 0 atom stereocenters. The SMILES string of the molecule is CC.N#Cc1ccc2c3cc(-c4ccc5c6ccccc6n(-c6ccccc6)c5c4)cc4c5ccc(C#N)cc5n(c2c1)c34. The molecular weight excluding hydrogens is 536 g/mol. The summed E-state index contributed by atoms with van der Waals surface area (Å²) >= 11 is 0. The van der Waals surface area contributed by atoms with Crippen LogP contribution in [0.1, 0.15) is 25.0 Å². The summed E-state index contributed by atoms with van der Waals surface area (Å²) in [6, 6.07) is 46.8. The molecule has 0 unspecified atom stereocenters. The molecule has 0 spiro atoms. The monoisotopic (exact) mass is 562 g/mol. The number of aromatic nitrogens is 2. The molecule has 0 bridgehead atoms. The minimum atomic E-state index is 0.618. The lowest BCUT2D eigenvalue weighted by atomic mass is 9.98. The highest BCUT2D eigenvalue weighted by Crippen LogP contribution is 2.43. The van der Waals surface area contributed by atoms with Crippen molar-refractivity contribution in [3.8, 4) is 29.0 Å². The molecule has 4 nitrogen and oxygen atoms in total. The van der Waals surface area contributed by atoms with Crippen LogP contribution in [0.15, 0.2) is 121 Å². The Kier molecular flexibility index (Phi) is 5.66. The number of rotatable bonds is 2. The molecule has 0 N–H and O–H groups in total. The molecule has 0 radical (unpaired) electrons. The Balaban J connectivity index is 0.00000142. The first-order valence-electron chi connectivity index (χ1n) is 14.9. The van der Waals surface area contributed by atoms with Crippen LogP contribution in [-0.2, 0) is 0 Å². The van der Waals surface area contributed by atoms with Gasteiger partial charge in [-0.1, -0.05) is 74.5 Å². The molecule has 44 heavy (non-hydrogen) atoms. The van der Waals surface area contributed by atoms with Gasteiger partial charge in [0.1, 0.15) is 0 Å². The van der Waals surface area contributed by atoms with E-state index >= 15 is 0 Å². The fourth-order valence-electron chi connectivity index (χ4n) is 6.86. The number of fused-ring (bicyclic) bond motifs is 9. The highest BCUT2D eigenvalue weighted by atomic mass is 15.0. The van der Waals surface area contributed by atoms with E-state index in [1.165, 1.54) is 16.3 Å². The Labute approximate surface area is 254 Å². The topological polar surface area (TPSA) is 56.9 Å². The van der Waals surface area contributed by atoms with Gasteiger partial charge in [-0.15, -0.1) is 0 Å². The summed E-state index contributed by atoms with van der Waals surface area (Å²) in [4.78, 5) is 0. The zero-order valence-corrected chi connectivity index (χ0v) is 24.3. The van der Waals surface area contributed by atoms with Crippen LogP contribution in [0, 0.1) is 22.7 Å². The summed E-state index contributed by atoms with van der Waals surface area (Å²) in [5.41, 5.74) is 10.1. The minimum Gasteiger partial charge on any atom is -0.309 e. The smallest absolute Gasteiger partial charge is 0.0992 e. The second-order valence-corrected chi connectivity index (χ2v) is 10.9. The lowest BCUT2D eigenvalue weighted by molar-refractivity contribution is 1.18. The van der Waals surface area contributed by atoms with E-state index in [2.05, 4.69) is 118 Å². The van der Waals surface area contributed by atoms with Crippen LogP contribution in [-0.4, -0.2) is 8.97 Å². The molecular formula is C40H26N4. The first kappa shape index (κ1) is 25.6. The highest BCUT2D eigenvalue weighted by Gasteiger charge is 2.20. The van der Waals surface area contributed by atoms with E-state index in [9.17, 15) is 10.5 Å². The van der Waals surface area contributed by atoms with Crippen molar-refractivity contribution in [2.45, 2.75) is 13.8 Å². The quantitative estimate of drug-likeness (QED) is 0.210. The summed E-state index contributed by atoms with van der Waals surface area (Å²) in [5.74, 6) is 0. The van der Waals surface area contributed by atoms with E-state index in [1.807, 2.05) is 38.1 Å². The third-order valence-corrected chi connectivity index (χ3v) is 8.67. The van der Waals surface area contributed by atoms with Crippen LogP contribution < -0.4 is 0 Å². The van der Waals surface area contributed by atoms with Crippen LogP contribution in [0.2, 0.25) is 0 Å². The van der Waals surface area contributed by atoms with E-state index in [4.69, 9.17) is 0 Å². The van der Waals surface area contributed by atoms with E-state index in [-0.39, 0.29) is 0 Å². The highest BCUT2D eigenvalue weighted by molar-refractivity contribution is 6.24. The van der Waals surface area contributed by atoms with Crippen molar-refractivity contribution in [2.75, 3.05) is 0 Å². The summed E-state index contributed by atoms with van der Waals surface area (Å²) in [5, 5.41) is 26.2. The number of hydrogen-bond donors (Lipinski definition) is 0. The maximum absolute atomic E-state index is 9.66. The number of para-hydroxylation sites is 2. The molecule has 0 saturated heterocycles. The van der Waals surface area contributed by atoms with Crippen LogP contribution in [0.5, 0.6) is 0 Å². The number of hydrogen-bond acceptors (Lipinski definition) is 2. The predicted molar refractivity (Wildman–Crippen MR) is 182 cm³/mol. The van der Waals surface area contributed by atoms with Crippen molar-refractivity contribution >= 4 is 59.9 Å². The van der Waals surface area contributed by atoms with Gasteiger partial charge in [0.15, 0.2) is 0 Å². The van der Waals surface area contributed by atoms with Gasteiger partial charge in [0.05, 0.1) is 50.8 Å². The standard InChI is InChI=1S/C38H20N4.C2H6/c39-21-23-10-13-30-32-18-26(19-33-31-14-11-24(22-40)17-36(31)42(38(32)33)35(30)16-23)25-12-15-29-28-8-4-5-9-34(28)41(37(29)20-25)27-6-2-1-3-7-27;1-2/h1-20H;1-2H3. The molecule has 4 heteroatoms. The van der Waals surface area contributed by atoms with Crippen molar-refractivity contribution < 1.29 is 0 Å². The van der Waals surface area contributed by atoms with Gasteiger partial charge >= 0.3 is 0 Å². The van der Waals surface area contributed by atoms with Crippen LogP contribution in [0.3, 0.4) is 0 Å². The van der Waals surface area contributed by atoms with Crippen molar-refractivity contribution in [1.82, 2.24) is 8.97 Å². The fraction of sp³-hybridized carbons (Fsp3) is 0.0500. The Morgan fingerprint density at radius 3 is 1.64 bits per heavy atom. The Hall–Kier alpha value is -6.10. The van der Waals surface area contributed by atoms with E-state index in [1.54, 1.807) is 0 Å². The number of nitrogens with zero attached hydrogens (tertiary/aromatic N) is 4. The Morgan fingerprint density at radius 2 is 1.00 bits per heavy atom. The molecule has 6 aromatic carbocycles. The van der Waals surface area contributed by atoms with E-state index < -0.39 is 0 Å². The molecule has 0 amide bonds. The summed E-state index contributed by atoms with van der Waals surface area (Å²) < 4.78 is 4.57. The third kappa shape index (κ3) is 3.49. The molecule has 3 aromatic heterocycles. The Bertz CT molecular complexity index is 2540. The zero-order valence-electron chi connectivity index (χ0n) is 24.3. The normalized spacial score (nSPS) is 11.4. The van der Waals surface area contributed by atoms with E-state index in [0.29, 0.717) is 11.1 Å². The van der Waals surface area contributed by atoms with Gasteiger partial charge < -0.3 is 8.97 Å². The maximum atomic E-state index is 9.66. The Morgan fingerprint density at radius 1 is 0.455 bits per heavy atom. The molecule has 0 aliphatic rings. The van der Waals surface area contributed by atoms with Crippen molar-refractivity contribution in [3.05, 3.63) is 132 Å². The van der Waals surface area contributed by atoms with Gasteiger partial charge in [-0.25, -0.2) is 0 Å². The predicted octanol–water partition coefficient (Wildman–Crippen LogP) is 10.4. The van der Waals surface area contributed by atoms with Gasteiger partial charge in [-0.05, 0) is 71.8 Å². The summed E-state index contributed by atoms with van der Waals surface area (Å²) in [6.07, 6.45) is 0. The summed E-state index contributed by atoms with van der Waals surface area (Å²) in [6.45, 7) is 4.00. The number of benzene rings is 6. The van der Waals surface area contributed by atoms with Gasteiger partial charge in [-0.2, -0.15) is 10.5 Å². The first-order chi connectivity index (χ1) is 21.7. The van der Waals surface area contributed by atoms with Gasteiger partial charge in [-0.3, -0.25) is 0 Å². The first-order valence-corrected chi connectivity index (χ1v) is 14.9. The molecule has 206 valence electrons. The van der Waals surface area contributed by atoms with Crippen molar-refractivity contribution in [2.24, 2.45) is 0 Å². The molecule has 0 fully saturated rings. The third-order valence-electron chi connectivity index (χ3n) is 8.67. The average Bonchev–Trinajstić information content (AvgIpc) is 3.72.